The van der Waals surface area contributed by atoms with Crippen LogP contribution >= 0.6 is 0 Å². The lowest BCUT2D eigenvalue weighted by molar-refractivity contribution is -0.125. The van der Waals surface area contributed by atoms with Crippen molar-refractivity contribution in [2.75, 3.05) is 19.7 Å². The summed E-state index contributed by atoms with van der Waals surface area (Å²) in [5, 5.41) is 3.06. The van der Waals surface area contributed by atoms with E-state index in [9.17, 15) is 14.0 Å². The molecule has 29 heavy (non-hydrogen) atoms. The maximum atomic E-state index is 13.2. The van der Waals surface area contributed by atoms with Gasteiger partial charge in [0.15, 0.2) is 0 Å². The smallest absolute Gasteiger partial charge is 0.410 e. The molecule has 1 unspecified atom stereocenters. The summed E-state index contributed by atoms with van der Waals surface area (Å²) >= 11 is 0. The van der Waals surface area contributed by atoms with Crippen LogP contribution < -0.4 is 10.1 Å². The van der Waals surface area contributed by atoms with Gasteiger partial charge in [-0.15, -0.1) is 0 Å². The van der Waals surface area contributed by atoms with Gasteiger partial charge in [-0.25, -0.2) is 9.18 Å². The number of aryl methyl sites for hydroxylation is 1. The number of carbonyl (C=O) groups is 2. The molecular formula is C22H31FN2O4. The number of amides is 2. The Morgan fingerprint density at radius 1 is 1.17 bits per heavy atom. The SMILES string of the molecule is Cc1cc(F)ccc1OCC(C)(C)NC(=O)[C@@H]1C2CN(C(=O)OC(C)(C)C)C[C@H]21. The van der Waals surface area contributed by atoms with Crippen molar-refractivity contribution >= 4 is 12.0 Å². The zero-order chi connectivity index (χ0) is 21.6. The molecule has 2 aliphatic rings. The fraction of sp³-hybridized carbons (Fsp3) is 0.636. The Morgan fingerprint density at radius 2 is 1.79 bits per heavy atom. The van der Waals surface area contributed by atoms with Crippen LogP contribution in [0, 0.1) is 30.5 Å². The molecule has 1 heterocycles. The van der Waals surface area contributed by atoms with Crippen LogP contribution in [0.25, 0.3) is 0 Å². The molecule has 0 radical (unpaired) electrons. The lowest BCUT2D eigenvalue weighted by atomic mass is 10.1. The van der Waals surface area contributed by atoms with Crippen LogP contribution in [0.3, 0.4) is 0 Å². The summed E-state index contributed by atoms with van der Waals surface area (Å²) in [5.41, 5.74) is -0.376. The summed E-state index contributed by atoms with van der Waals surface area (Å²) in [6.07, 6.45) is -0.313. The van der Waals surface area contributed by atoms with Gasteiger partial charge in [-0.3, -0.25) is 4.79 Å². The number of benzene rings is 1. The van der Waals surface area contributed by atoms with Gasteiger partial charge in [0.25, 0.3) is 0 Å². The van der Waals surface area contributed by atoms with E-state index in [1.807, 2.05) is 34.6 Å². The van der Waals surface area contributed by atoms with E-state index in [1.54, 1.807) is 17.9 Å². The number of rotatable bonds is 5. The van der Waals surface area contributed by atoms with E-state index in [-0.39, 0.29) is 42.2 Å². The maximum absolute atomic E-state index is 13.2. The first-order chi connectivity index (χ1) is 13.4. The second-order valence-corrected chi connectivity index (χ2v) is 9.81. The summed E-state index contributed by atoms with van der Waals surface area (Å²) in [5.74, 6) is 0.610. The Balaban J connectivity index is 1.47. The predicted octanol–water partition coefficient (Wildman–Crippen LogP) is 3.52. The van der Waals surface area contributed by atoms with Crippen LogP contribution in [0.5, 0.6) is 5.75 Å². The van der Waals surface area contributed by atoms with Gasteiger partial charge in [0.05, 0.1) is 5.54 Å². The molecule has 3 rings (SSSR count). The quantitative estimate of drug-likeness (QED) is 0.812. The zero-order valence-corrected chi connectivity index (χ0v) is 18.0. The third-order valence-corrected chi connectivity index (χ3v) is 5.34. The molecule has 160 valence electrons. The first-order valence-electron chi connectivity index (χ1n) is 10.1. The van der Waals surface area contributed by atoms with Gasteiger partial charge < -0.3 is 19.7 Å². The van der Waals surface area contributed by atoms with E-state index in [4.69, 9.17) is 9.47 Å². The molecule has 7 heteroatoms. The van der Waals surface area contributed by atoms with Gasteiger partial charge in [0.2, 0.25) is 5.91 Å². The highest BCUT2D eigenvalue weighted by Gasteiger charge is 2.61. The molecule has 0 bridgehead atoms. The maximum Gasteiger partial charge on any atom is 0.410 e. The summed E-state index contributed by atoms with van der Waals surface area (Å²) in [6, 6.07) is 4.37. The molecule has 2 fully saturated rings. The average Bonchev–Trinajstić information content (AvgIpc) is 3.06. The Labute approximate surface area is 171 Å². The van der Waals surface area contributed by atoms with Gasteiger partial charge in [-0.05, 0) is 77.1 Å². The van der Waals surface area contributed by atoms with Crippen LogP contribution in [0.2, 0.25) is 0 Å². The minimum atomic E-state index is -0.570. The number of likely N-dealkylation sites (tertiary alicyclic amines) is 1. The van der Waals surface area contributed by atoms with Gasteiger partial charge in [-0.1, -0.05) is 0 Å². The zero-order valence-electron chi connectivity index (χ0n) is 18.0. The van der Waals surface area contributed by atoms with E-state index in [1.165, 1.54) is 12.1 Å². The normalized spacial score (nSPS) is 23.4. The van der Waals surface area contributed by atoms with E-state index >= 15 is 0 Å². The number of hydrogen-bond donors (Lipinski definition) is 1. The predicted molar refractivity (Wildman–Crippen MR) is 107 cm³/mol. The molecule has 1 N–H and O–H groups in total. The average molecular weight is 406 g/mol. The second-order valence-electron chi connectivity index (χ2n) is 9.81. The third-order valence-electron chi connectivity index (χ3n) is 5.34. The van der Waals surface area contributed by atoms with Crippen LogP contribution in [0.1, 0.15) is 40.2 Å². The Hall–Kier alpha value is -2.31. The molecule has 1 saturated carbocycles. The molecule has 1 saturated heterocycles. The lowest BCUT2D eigenvalue weighted by Gasteiger charge is -2.28. The summed E-state index contributed by atoms with van der Waals surface area (Å²) < 4.78 is 24.4. The first-order valence-corrected chi connectivity index (χ1v) is 10.1. The molecule has 2 amide bonds. The van der Waals surface area contributed by atoms with E-state index in [0.717, 1.165) is 0 Å². The molecule has 6 nitrogen and oxygen atoms in total. The lowest BCUT2D eigenvalue weighted by Crippen LogP contribution is -2.49. The van der Waals surface area contributed by atoms with Crippen molar-refractivity contribution in [3.05, 3.63) is 29.6 Å². The molecule has 0 aromatic heterocycles. The Bertz CT molecular complexity index is 790. The fourth-order valence-electron chi connectivity index (χ4n) is 3.88. The van der Waals surface area contributed by atoms with E-state index in [0.29, 0.717) is 24.4 Å². The molecule has 1 aromatic carbocycles. The topological polar surface area (TPSA) is 67.9 Å². The van der Waals surface area contributed by atoms with Crippen molar-refractivity contribution < 1.29 is 23.5 Å². The van der Waals surface area contributed by atoms with Gasteiger partial charge >= 0.3 is 6.09 Å². The van der Waals surface area contributed by atoms with E-state index in [2.05, 4.69) is 5.32 Å². The highest BCUT2D eigenvalue weighted by atomic mass is 19.1. The summed E-state index contributed by atoms with van der Waals surface area (Å²) in [7, 11) is 0. The number of halogens is 1. The van der Waals surface area contributed by atoms with Crippen molar-refractivity contribution in [1.82, 2.24) is 10.2 Å². The molecular weight excluding hydrogens is 375 g/mol. The minimum absolute atomic E-state index is 0.00623. The van der Waals surface area contributed by atoms with Crippen molar-refractivity contribution in [3.8, 4) is 5.75 Å². The number of carbonyl (C=O) groups excluding carboxylic acids is 2. The Morgan fingerprint density at radius 3 is 2.34 bits per heavy atom. The van der Waals surface area contributed by atoms with Crippen molar-refractivity contribution in [2.45, 2.75) is 52.7 Å². The summed E-state index contributed by atoms with van der Waals surface area (Å²) in [4.78, 5) is 26.6. The van der Waals surface area contributed by atoms with Crippen LogP contribution in [-0.2, 0) is 9.53 Å². The number of nitrogens with zero attached hydrogens (tertiary/aromatic N) is 1. The fourth-order valence-corrected chi connectivity index (χ4v) is 3.88. The monoisotopic (exact) mass is 406 g/mol. The molecule has 3 atom stereocenters. The van der Waals surface area contributed by atoms with Gasteiger partial charge in [0, 0.05) is 19.0 Å². The van der Waals surface area contributed by atoms with Crippen LogP contribution in [0.15, 0.2) is 18.2 Å². The molecule has 0 spiro atoms. The highest BCUT2D eigenvalue weighted by Crippen LogP contribution is 2.52. The van der Waals surface area contributed by atoms with Gasteiger partial charge in [-0.2, -0.15) is 0 Å². The number of hydrogen-bond acceptors (Lipinski definition) is 4. The van der Waals surface area contributed by atoms with Crippen molar-refractivity contribution in [2.24, 2.45) is 17.8 Å². The standard InChI is InChI=1S/C22H31FN2O4/c1-13-9-14(23)7-8-17(13)28-12-22(5,6)24-19(26)18-15-10-25(11-16(15)18)20(27)29-21(2,3)4/h7-9,15-16,18H,10-12H2,1-6H3,(H,24,26)/t15-,16?,18+/m1/s1. The van der Waals surface area contributed by atoms with Crippen LogP contribution in [-0.4, -0.2) is 47.7 Å². The van der Waals surface area contributed by atoms with Crippen molar-refractivity contribution in [3.63, 3.8) is 0 Å². The largest absolute Gasteiger partial charge is 0.491 e. The molecule has 1 aliphatic carbocycles. The number of nitrogens with one attached hydrogen (secondary N) is 1. The van der Waals surface area contributed by atoms with Crippen molar-refractivity contribution in [1.29, 1.82) is 0 Å². The second kappa shape index (κ2) is 7.50. The number of ether oxygens (including phenoxy) is 2. The Kier molecular flexibility index (Phi) is 5.54. The highest BCUT2D eigenvalue weighted by molar-refractivity contribution is 5.84. The minimum Gasteiger partial charge on any atom is -0.491 e. The van der Waals surface area contributed by atoms with Gasteiger partial charge in [0.1, 0.15) is 23.8 Å². The molecule has 1 aliphatic heterocycles. The number of fused-ring (bicyclic) bond motifs is 1. The summed E-state index contributed by atoms with van der Waals surface area (Å²) in [6.45, 7) is 12.5. The van der Waals surface area contributed by atoms with E-state index < -0.39 is 11.1 Å². The first kappa shape index (κ1) is 21.4. The van der Waals surface area contributed by atoms with Crippen LogP contribution in [0.4, 0.5) is 9.18 Å². The third kappa shape index (κ3) is 5.19. The molecule has 1 aromatic rings. The number of piperidine rings is 1.